The van der Waals surface area contributed by atoms with Gasteiger partial charge in [0.1, 0.15) is 11.6 Å². The molecule has 0 saturated heterocycles. The van der Waals surface area contributed by atoms with Crippen LogP contribution in [0.15, 0.2) is 17.0 Å². The van der Waals surface area contributed by atoms with Crippen LogP contribution in [-0.2, 0) is 10.0 Å². The maximum absolute atomic E-state index is 13.6. The molecular weight excluding hydrogens is 286 g/mol. The molecular formula is C13H20F2N2O2S. The average molecular weight is 306 g/mol. The van der Waals surface area contributed by atoms with E-state index >= 15 is 0 Å². The predicted octanol–water partition coefficient (Wildman–Crippen LogP) is 2.79. The van der Waals surface area contributed by atoms with Crippen molar-refractivity contribution in [2.75, 3.05) is 5.73 Å². The van der Waals surface area contributed by atoms with E-state index in [-0.39, 0.29) is 11.7 Å². The van der Waals surface area contributed by atoms with Crippen LogP contribution in [0, 0.1) is 11.6 Å². The van der Waals surface area contributed by atoms with Crippen LogP contribution in [0.2, 0.25) is 0 Å². The fourth-order valence-corrected chi connectivity index (χ4v) is 3.32. The molecule has 20 heavy (non-hydrogen) atoms. The summed E-state index contributed by atoms with van der Waals surface area (Å²) in [6, 6.07) is 1.20. The van der Waals surface area contributed by atoms with Gasteiger partial charge in [-0.05, 0) is 25.5 Å². The number of halogens is 2. The fraction of sp³-hybridized carbons (Fsp3) is 0.538. The van der Waals surface area contributed by atoms with Gasteiger partial charge in [0.2, 0.25) is 10.0 Å². The molecule has 0 aliphatic heterocycles. The number of nitrogen functional groups attached to an aromatic ring is 1. The lowest BCUT2D eigenvalue weighted by atomic mass is 10.1. The highest BCUT2D eigenvalue weighted by molar-refractivity contribution is 7.89. The number of hydrogen-bond donors (Lipinski definition) is 2. The normalized spacial score (nSPS) is 13.4. The van der Waals surface area contributed by atoms with E-state index in [1.165, 1.54) is 0 Å². The highest BCUT2D eigenvalue weighted by Gasteiger charge is 2.26. The lowest BCUT2D eigenvalue weighted by Gasteiger charge is -2.15. The number of unbranched alkanes of at least 4 members (excludes halogenated alkanes) is 2. The highest BCUT2D eigenvalue weighted by atomic mass is 32.2. The van der Waals surface area contributed by atoms with Gasteiger partial charge in [-0.1, -0.05) is 26.2 Å². The molecule has 0 fully saturated rings. The Kier molecular flexibility index (Phi) is 5.88. The van der Waals surface area contributed by atoms with E-state index in [4.69, 9.17) is 5.73 Å². The van der Waals surface area contributed by atoms with Gasteiger partial charge in [0.05, 0.1) is 0 Å². The van der Waals surface area contributed by atoms with Crippen molar-refractivity contribution >= 4 is 15.7 Å². The highest BCUT2D eigenvalue weighted by Crippen LogP contribution is 2.22. The Hall–Kier alpha value is -1.21. The number of benzene rings is 1. The fourth-order valence-electron chi connectivity index (χ4n) is 1.92. The quantitative estimate of drug-likeness (QED) is 0.601. The molecule has 0 aliphatic rings. The molecule has 0 bridgehead atoms. The second-order valence-corrected chi connectivity index (χ2v) is 6.48. The molecule has 7 heteroatoms. The Morgan fingerprint density at radius 1 is 1.25 bits per heavy atom. The van der Waals surface area contributed by atoms with Gasteiger partial charge < -0.3 is 5.73 Å². The molecule has 1 unspecified atom stereocenters. The van der Waals surface area contributed by atoms with E-state index in [1.807, 2.05) is 6.92 Å². The van der Waals surface area contributed by atoms with Gasteiger partial charge in [-0.2, -0.15) is 0 Å². The first-order valence-corrected chi connectivity index (χ1v) is 8.03. The molecule has 1 aromatic rings. The second-order valence-electron chi connectivity index (χ2n) is 4.83. The molecule has 114 valence electrons. The third kappa shape index (κ3) is 4.42. The van der Waals surface area contributed by atoms with Crippen LogP contribution in [0.3, 0.4) is 0 Å². The molecule has 0 aromatic heterocycles. The van der Waals surface area contributed by atoms with E-state index in [2.05, 4.69) is 4.72 Å². The van der Waals surface area contributed by atoms with Crippen molar-refractivity contribution in [1.82, 2.24) is 4.72 Å². The number of nitrogens with two attached hydrogens (primary N) is 1. The summed E-state index contributed by atoms with van der Waals surface area (Å²) in [5.41, 5.74) is 5.10. The summed E-state index contributed by atoms with van der Waals surface area (Å²) in [5, 5.41) is 0. The molecule has 0 amide bonds. The summed E-state index contributed by atoms with van der Waals surface area (Å²) < 4.78 is 53.5. The Labute approximate surface area is 118 Å². The Bertz CT molecular complexity index is 538. The number of anilines is 1. The first-order valence-electron chi connectivity index (χ1n) is 6.54. The molecule has 1 aromatic carbocycles. The molecule has 4 nitrogen and oxygen atoms in total. The summed E-state index contributed by atoms with van der Waals surface area (Å²) in [4.78, 5) is -0.978. The predicted molar refractivity (Wildman–Crippen MR) is 74.7 cm³/mol. The van der Waals surface area contributed by atoms with Crippen LogP contribution in [0.5, 0.6) is 0 Å². The van der Waals surface area contributed by atoms with Gasteiger partial charge in [0.15, 0.2) is 4.90 Å². The number of rotatable bonds is 7. The Morgan fingerprint density at radius 2 is 1.80 bits per heavy atom. The van der Waals surface area contributed by atoms with Crippen molar-refractivity contribution < 1.29 is 17.2 Å². The van der Waals surface area contributed by atoms with E-state index in [0.717, 1.165) is 31.4 Å². The van der Waals surface area contributed by atoms with E-state index in [1.54, 1.807) is 6.92 Å². The monoisotopic (exact) mass is 306 g/mol. The van der Waals surface area contributed by atoms with E-state index < -0.39 is 26.6 Å². The lowest BCUT2D eigenvalue weighted by molar-refractivity contribution is 0.498. The summed E-state index contributed by atoms with van der Waals surface area (Å²) in [6.07, 6.45) is 3.47. The third-order valence-electron chi connectivity index (χ3n) is 2.89. The third-order valence-corrected chi connectivity index (χ3v) is 4.53. The smallest absolute Gasteiger partial charge is 0.246 e. The minimum absolute atomic E-state index is 0.157. The zero-order chi connectivity index (χ0) is 15.3. The van der Waals surface area contributed by atoms with Crippen molar-refractivity contribution in [2.24, 2.45) is 0 Å². The molecule has 0 heterocycles. The van der Waals surface area contributed by atoms with Crippen molar-refractivity contribution in [1.29, 1.82) is 0 Å². The Balaban J connectivity index is 2.89. The first kappa shape index (κ1) is 16.8. The average Bonchev–Trinajstić information content (AvgIpc) is 2.26. The largest absolute Gasteiger partial charge is 0.399 e. The second kappa shape index (κ2) is 6.99. The summed E-state index contributed by atoms with van der Waals surface area (Å²) in [6.45, 7) is 3.70. The van der Waals surface area contributed by atoms with Crippen molar-refractivity contribution in [2.45, 2.75) is 50.5 Å². The summed E-state index contributed by atoms with van der Waals surface area (Å²) in [5.74, 6) is -2.37. The van der Waals surface area contributed by atoms with Gasteiger partial charge in [-0.15, -0.1) is 0 Å². The molecule has 1 atom stereocenters. The maximum atomic E-state index is 13.6. The minimum Gasteiger partial charge on any atom is -0.399 e. The molecule has 0 aliphatic carbocycles. The van der Waals surface area contributed by atoms with Gasteiger partial charge in [-0.3, -0.25) is 0 Å². The van der Waals surface area contributed by atoms with Crippen LogP contribution < -0.4 is 10.5 Å². The maximum Gasteiger partial charge on any atom is 0.246 e. The molecule has 1 rings (SSSR count). The number of hydrogen-bond acceptors (Lipinski definition) is 3. The van der Waals surface area contributed by atoms with Crippen molar-refractivity contribution in [3.8, 4) is 0 Å². The van der Waals surface area contributed by atoms with Crippen molar-refractivity contribution in [3.63, 3.8) is 0 Å². The van der Waals surface area contributed by atoms with Gasteiger partial charge in [0.25, 0.3) is 0 Å². The van der Waals surface area contributed by atoms with Crippen LogP contribution in [0.25, 0.3) is 0 Å². The van der Waals surface area contributed by atoms with Crippen molar-refractivity contribution in [3.05, 3.63) is 23.8 Å². The van der Waals surface area contributed by atoms with Gasteiger partial charge >= 0.3 is 0 Å². The SMILES string of the molecule is CCCCCC(C)NS(=O)(=O)c1c(F)cc(N)cc1F. The molecule has 0 saturated carbocycles. The van der Waals surface area contributed by atoms with Gasteiger partial charge in [0, 0.05) is 11.7 Å². The lowest BCUT2D eigenvalue weighted by Crippen LogP contribution is -2.33. The minimum atomic E-state index is -4.23. The summed E-state index contributed by atoms with van der Waals surface area (Å²) >= 11 is 0. The zero-order valence-corrected chi connectivity index (χ0v) is 12.4. The molecule has 0 radical (unpaired) electrons. The van der Waals surface area contributed by atoms with Crippen LogP contribution in [0.1, 0.15) is 39.5 Å². The Morgan fingerprint density at radius 3 is 2.30 bits per heavy atom. The van der Waals surface area contributed by atoms with Gasteiger partial charge in [-0.25, -0.2) is 21.9 Å². The standard InChI is InChI=1S/C13H20F2N2O2S/c1-3-4-5-6-9(2)17-20(18,19)13-11(14)7-10(16)8-12(13)15/h7-9,17H,3-6,16H2,1-2H3. The zero-order valence-electron chi connectivity index (χ0n) is 11.6. The van der Waals surface area contributed by atoms with Crippen LogP contribution in [0.4, 0.5) is 14.5 Å². The van der Waals surface area contributed by atoms with Crippen LogP contribution in [-0.4, -0.2) is 14.5 Å². The molecule has 0 spiro atoms. The van der Waals surface area contributed by atoms with E-state index in [0.29, 0.717) is 6.42 Å². The topological polar surface area (TPSA) is 72.2 Å². The molecule has 3 N–H and O–H groups in total. The van der Waals surface area contributed by atoms with E-state index in [9.17, 15) is 17.2 Å². The first-order chi connectivity index (χ1) is 9.27. The number of nitrogens with one attached hydrogen (secondary N) is 1. The van der Waals surface area contributed by atoms with Crippen LogP contribution >= 0.6 is 0 Å². The summed E-state index contributed by atoms with van der Waals surface area (Å²) in [7, 11) is -4.23. The number of sulfonamides is 1.